The molecule has 1 unspecified atom stereocenters. The smallest absolute Gasteiger partial charge is 0.231 e. The zero-order valence-electron chi connectivity index (χ0n) is 13.1. The standard InChI is InChI=1S/C17H25FN2O/c1-3-20(4-2)17(21)15-8-6-10-19(13-15)12-14-7-5-9-16(18)11-14/h5,7,9,11,15H,3-4,6,8,10,12-13H2,1-2H3/p+1/t15-/m0/s1. The van der Waals surface area contributed by atoms with Gasteiger partial charge in [-0.15, -0.1) is 0 Å². The second kappa shape index (κ2) is 7.55. The van der Waals surface area contributed by atoms with Crippen LogP contribution in [-0.2, 0) is 11.3 Å². The summed E-state index contributed by atoms with van der Waals surface area (Å²) in [5.41, 5.74) is 1.01. The Kier molecular flexibility index (Phi) is 5.74. The summed E-state index contributed by atoms with van der Waals surface area (Å²) in [6.45, 7) is 8.36. The van der Waals surface area contributed by atoms with E-state index < -0.39 is 0 Å². The predicted molar refractivity (Wildman–Crippen MR) is 81.5 cm³/mol. The molecule has 0 spiro atoms. The highest BCUT2D eigenvalue weighted by Crippen LogP contribution is 2.12. The molecule has 0 saturated carbocycles. The van der Waals surface area contributed by atoms with Crippen LogP contribution in [0.2, 0.25) is 0 Å². The number of hydrogen-bond donors (Lipinski definition) is 1. The van der Waals surface area contributed by atoms with Gasteiger partial charge in [-0.05, 0) is 38.8 Å². The molecule has 1 saturated heterocycles. The van der Waals surface area contributed by atoms with Crippen molar-refractivity contribution in [2.45, 2.75) is 33.2 Å². The van der Waals surface area contributed by atoms with Gasteiger partial charge in [-0.25, -0.2) is 4.39 Å². The van der Waals surface area contributed by atoms with Crippen molar-refractivity contribution < 1.29 is 14.1 Å². The van der Waals surface area contributed by atoms with Crippen LogP contribution < -0.4 is 4.90 Å². The average Bonchev–Trinajstić information content (AvgIpc) is 2.48. The maximum absolute atomic E-state index is 13.3. The lowest BCUT2D eigenvalue weighted by atomic mass is 9.96. The lowest BCUT2D eigenvalue weighted by molar-refractivity contribution is -0.921. The fraction of sp³-hybridized carbons (Fsp3) is 0.588. The van der Waals surface area contributed by atoms with Gasteiger partial charge in [0.15, 0.2) is 0 Å². The van der Waals surface area contributed by atoms with Gasteiger partial charge in [0.1, 0.15) is 12.4 Å². The molecule has 0 aliphatic carbocycles. The van der Waals surface area contributed by atoms with Crippen LogP contribution in [0.3, 0.4) is 0 Å². The summed E-state index contributed by atoms with van der Waals surface area (Å²) >= 11 is 0. The minimum Gasteiger partial charge on any atom is -0.343 e. The molecular weight excluding hydrogens is 267 g/mol. The number of amides is 1. The second-order valence-corrected chi connectivity index (χ2v) is 5.86. The molecule has 1 heterocycles. The van der Waals surface area contributed by atoms with Crippen LogP contribution in [0.15, 0.2) is 24.3 Å². The average molecular weight is 293 g/mol. The summed E-state index contributed by atoms with van der Waals surface area (Å²) in [4.78, 5) is 15.8. The number of hydrogen-bond acceptors (Lipinski definition) is 1. The zero-order chi connectivity index (χ0) is 15.2. The number of piperidine rings is 1. The topological polar surface area (TPSA) is 24.8 Å². The van der Waals surface area contributed by atoms with Crippen molar-refractivity contribution in [2.75, 3.05) is 26.2 Å². The summed E-state index contributed by atoms with van der Waals surface area (Å²) in [6, 6.07) is 6.79. The van der Waals surface area contributed by atoms with E-state index in [0.717, 1.165) is 51.1 Å². The Bertz CT molecular complexity index is 474. The Morgan fingerprint density at radius 2 is 2.14 bits per heavy atom. The van der Waals surface area contributed by atoms with Crippen LogP contribution >= 0.6 is 0 Å². The molecule has 2 atom stereocenters. The van der Waals surface area contributed by atoms with Crippen LogP contribution in [-0.4, -0.2) is 37.0 Å². The monoisotopic (exact) mass is 293 g/mol. The molecule has 1 aromatic rings. The van der Waals surface area contributed by atoms with Crippen LogP contribution in [0.4, 0.5) is 4.39 Å². The van der Waals surface area contributed by atoms with Gasteiger partial charge in [0, 0.05) is 18.7 Å². The number of likely N-dealkylation sites (tertiary alicyclic amines) is 1. The third-order valence-electron chi connectivity index (χ3n) is 4.39. The molecule has 116 valence electrons. The molecule has 1 aliphatic rings. The van der Waals surface area contributed by atoms with Gasteiger partial charge in [0.25, 0.3) is 0 Å². The van der Waals surface area contributed by atoms with E-state index >= 15 is 0 Å². The van der Waals surface area contributed by atoms with Crippen LogP contribution in [0, 0.1) is 11.7 Å². The summed E-state index contributed by atoms with van der Waals surface area (Å²) in [5.74, 6) is 0.235. The maximum atomic E-state index is 13.3. The molecule has 1 aliphatic heterocycles. The molecule has 1 fully saturated rings. The quantitative estimate of drug-likeness (QED) is 0.874. The van der Waals surface area contributed by atoms with Crippen molar-refractivity contribution in [2.24, 2.45) is 5.92 Å². The second-order valence-electron chi connectivity index (χ2n) is 5.86. The minimum absolute atomic E-state index is 0.127. The highest BCUT2D eigenvalue weighted by Gasteiger charge is 2.30. The van der Waals surface area contributed by atoms with E-state index in [1.165, 1.54) is 11.0 Å². The summed E-state index contributed by atoms with van der Waals surface area (Å²) < 4.78 is 13.3. The fourth-order valence-corrected chi connectivity index (χ4v) is 3.25. The maximum Gasteiger partial charge on any atom is 0.231 e. The van der Waals surface area contributed by atoms with Crippen LogP contribution in [0.1, 0.15) is 32.3 Å². The zero-order valence-corrected chi connectivity index (χ0v) is 13.1. The van der Waals surface area contributed by atoms with E-state index in [0.29, 0.717) is 0 Å². The summed E-state index contributed by atoms with van der Waals surface area (Å²) in [6.07, 6.45) is 2.06. The van der Waals surface area contributed by atoms with Crippen LogP contribution in [0.5, 0.6) is 0 Å². The Labute approximate surface area is 126 Å². The van der Waals surface area contributed by atoms with Gasteiger partial charge in [0.2, 0.25) is 5.91 Å². The summed E-state index contributed by atoms with van der Waals surface area (Å²) in [5, 5.41) is 0. The van der Waals surface area contributed by atoms with E-state index in [9.17, 15) is 9.18 Å². The van der Waals surface area contributed by atoms with Crippen molar-refractivity contribution in [3.05, 3.63) is 35.6 Å². The number of benzene rings is 1. The molecule has 0 radical (unpaired) electrons. The van der Waals surface area contributed by atoms with Gasteiger partial charge in [-0.1, -0.05) is 12.1 Å². The Hall–Kier alpha value is -1.42. The van der Waals surface area contributed by atoms with E-state index in [2.05, 4.69) is 0 Å². The molecule has 1 N–H and O–H groups in total. The number of nitrogens with zero attached hydrogens (tertiary/aromatic N) is 1. The number of halogens is 1. The van der Waals surface area contributed by atoms with Gasteiger partial charge in [0.05, 0.1) is 19.0 Å². The Balaban J connectivity index is 1.96. The van der Waals surface area contributed by atoms with Gasteiger partial charge in [-0.3, -0.25) is 4.79 Å². The highest BCUT2D eigenvalue weighted by molar-refractivity contribution is 5.78. The fourth-order valence-electron chi connectivity index (χ4n) is 3.25. The predicted octanol–water partition coefficient (Wildman–Crippen LogP) is 1.49. The Morgan fingerprint density at radius 3 is 2.81 bits per heavy atom. The molecule has 0 aromatic heterocycles. The Morgan fingerprint density at radius 1 is 1.38 bits per heavy atom. The third-order valence-corrected chi connectivity index (χ3v) is 4.39. The molecular formula is C17H26FN2O+. The number of rotatable bonds is 5. The molecule has 3 nitrogen and oxygen atoms in total. The first-order valence-electron chi connectivity index (χ1n) is 8.00. The van der Waals surface area contributed by atoms with Gasteiger partial charge >= 0.3 is 0 Å². The lowest BCUT2D eigenvalue weighted by Gasteiger charge is -2.32. The summed E-state index contributed by atoms with van der Waals surface area (Å²) in [7, 11) is 0. The van der Waals surface area contributed by atoms with Crippen molar-refractivity contribution in [3.63, 3.8) is 0 Å². The SMILES string of the molecule is CCN(CC)C(=O)[C@H]1CCC[NH+](Cc2cccc(F)c2)C1. The molecule has 0 bridgehead atoms. The highest BCUT2D eigenvalue weighted by atomic mass is 19.1. The van der Waals surface area contributed by atoms with Crippen molar-refractivity contribution in [1.82, 2.24) is 4.90 Å². The van der Waals surface area contributed by atoms with Gasteiger partial charge < -0.3 is 9.80 Å². The van der Waals surface area contributed by atoms with E-state index in [1.54, 1.807) is 12.1 Å². The number of carbonyl (C=O) groups excluding carboxylic acids is 1. The molecule has 1 amide bonds. The number of nitrogens with one attached hydrogen (secondary N) is 1. The van der Waals surface area contributed by atoms with E-state index in [4.69, 9.17) is 0 Å². The number of carbonyl (C=O) groups is 1. The van der Waals surface area contributed by atoms with Crippen LogP contribution in [0.25, 0.3) is 0 Å². The largest absolute Gasteiger partial charge is 0.343 e. The molecule has 2 rings (SSSR count). The lowest BCUT2D eigenvalue weighted by Crippen LogP contribution is -3.12. The van der Waals surface area contributed by atoms with Crippen molar-refractivity contribution in [1.29, 1.82) is 0 Å². The first kappa shape index (κ1) is 16.0. The van der Waals surface area contributed by atoms with Gasteiger partial charge in [-0.2, -0.15) is 0 Å². The first-order chi connectivity index (χ1) is 10.1. The number of quaternary nitrogens is 1. The third kappa shape index (κ3) is 4.27. The molecule has 4 heteroatoms. The van der Waals surface area contributed by atoms with Crippen molar-refractivity contribution in [3.8, 4) is 0 Å². The normalized spacial score (nSPS) is 22.0. The van der Waals surface area contributed by atoms with E-state index in [-0.39, 0.29) is 17.6 Å². The molecule has 21 heavy (non-hydrogen) atoms. The first-order valence-corrected chi connectivity index (χ1v) is 8.00. The molecule has 1 aromatic carbocycles. The van der Waals surface area contributed by atoms with Crippen molar-refractivity contribution >= 4 is 5.91 Å². The minimum atomic E-state index is -0.181. The van der Waals surface area contributed by atoms with E-state index in [1.807, 2.05) is 24.8 Å².